The van der Waals surface area contributed by atoms with Crippen molar-refractivity contribution in [1.82, 2.24) is 0 Å². The average Bonchev–Trinajstić information content (AvgIpc) is 2.73. The Bertz CT molecular complexity index is 340. The molecule has 1 aliphatic carbocycles. The number of aryl methyl sites for hydroxylation is 1. The third kappa shape index (κ3) is 1.76. The molecule has 2 unspecified atom stereocenters. The Balaban J connectivity index is 2.13. The van der Waals surface area contributed by atoms with Gasteiger partial charge in [0.1, 0.15) is 0 Å². The highest BCUT2D eigenvalue weighted by Crippen LogP contribution is 2.33. The average molecular weight is 208 g/mol. The smallest absolute Gasteiger partial charge is 0.167 e. The van der Waals surface area contributed by atoms with Crippen LogP contribution in [0.15, 0.2) is 11.4 Å². The summed E-state index contributed by atoms with van der Waals surface area (Å²) in [7, 11) is 0. The maximum atomic E-state index is 12.1. The van der Waals surface area contributed by atoms with Crippen LogP contribution in [0.5, 0.6) is 0 Å². The van der Waals surface area contributed by atoms with Gasteiger partial charge in [-0.15, -0.1) is 11.3 Å². The van der Waals surface area contributed by atoms with Crippen LogP contribution >= 0.6 is 11.3 Å². The van der Waals surface area contributed by atoms with E-state index < -0.39 is 0 Å². The third-order valence-electron chi connectivity index (χ3n) is 3.19. The van der Waals surface area contributed by atoms with Crippen molar-refractivity contribution >= 4 is 17.1 Å². The molecule has 0 N–H and O–H groups in total. The van der Waals surface area contributed by atoms with E-state index in [0.717, 1.165) is 24.3 Å². The highest BCUT2D eigenvalue weighted by molar-refractivity contribution is 7.10. The van der Waals surface area contributed by atoms with Crippen LogP contribution in [-0.4, -0.2) is 5.78 Å². The van der Waals surface area contributed by atoms with Crippen molar-refractivity contribution < 1.29 is 4.79 Å². The number of Topliss-reactive ketones (excluding diaryl/α,β-unsaturated/α-hetero) is 1. The number of carbonyl (C=O) groups is 1. The van der Waals surface area contributed by atoms with E-state index in [0.29, 0.717) is 11.7 Å². The Hall–Kier alpha value is -0.630. The van der Waals surface area contributed by atoms with Crippen molar-refractivity contribution in [3.8, 4) is 0 Å². The van der Waals surface area contributed by atoms with Gasteiger partial charge in [-0.05, 0) is 43.6 Å². The van der Waals surface area contributed by atoms with E-state index >= 15 is 0 Å². The summed E-state index contributed by atoms with van der Waals surface area (Å²) >= 11 is 1.67. The predicted molar refractivity (Wildman–Crippen MR) is 59.9 cm³/mol. The van der Waals surface area contributed by atoms with Crippen molar-refractivity contribution in [2.24, 2.45) is 11.8 Å². The van der Waals surface area contributed by atoms with E-state index in [1.807, 2.05) is 18.4 Å². The zero-order valence-corrected chi connectivity index (χ0v) is 9.56. The Kier molecular flexibility index (Phi) is 2.73. The Labute approximate surface area is 89.1 Å². The van der Waals surface area contributed by atoms with Crippen LogP contribution in [0.3, 0.4) is 0 Å². The van der Waals surface area contributed by atoms with Crippen molar-refractivity contribution in [3.05, 3.63) is 21.9 Å². The molecular weight excluding hydrogens is 192 g/mol. The van der Waals surface area contributed by atoms with Crippen LogP contribution in [0.25, 0.3) is 0 Å². The second-order valence-electron chi connectivity index (χ2n) is 4.37. The lowest BCUT2D eigenvalue weighted by atomic mass is 9.96. The zero-order chi connectivity index (χ0) is 10.1. The molecule has 1 aromatic rings. The fraction of sp³-hybridized carbons (Fsp3) is 0.583. The van der Waals surface area contributed by atoms with Gasteiger partial charge in [-0.1, -0.05) is 6.92 Å². The first kappa shape index (κ1) is 9.91. The lowest BCUT2D eigenvalue weighted by Crippen LogP contribution is -2.11. The standard InChI is InChI=1S/C12H16OS/c1-8-3-4-10(7-8)12(13)11-5-6-14-9(11)2/h5-6,8,10H,3-4,7H2,1-2H3. The predicted octanol–water partition coefficient (Wildman–Crippen LogP) is 3.68. The minimum Gasteiger partial charge on any atom is -0.294 e. The highest BCUT2D eigenvalue weighted by atomic mass is 32.1. The minimum atomic E-state index is 0.304. The van der Waals surface area contributed by atoms with Gasteiger partial charge in [0.2, 0.25) is 0 Å². The van der Waals surface area contributed by atoms with E-state index in [4.69, 9.17) is 0 Å². The molecule has 0 amide bonds. The second-order valence-corrected chi connectivity index (χ2v) is 5.49. The molecule has 1 aromatic heterocycles. The number of carbonyl (C=O) groups excluding carboxylic acids is 1. The van der Waals surface area contributed by atoms with Crippen LogP contribution in [0.2, 0.25) is 0 Å². The Morgan fingerprint density at radius 2 is 2.29 bits per heavy atom. The van der Waals surface area contributed by atoms with E-state index in [-0.39, 0.29) is 0 Å². The molecule has 1 saturated carbocycles. The molecule has 2 atom stereocenters. The maximum absolute atomic E-state index is 12.1. The maximum Gasteiger partial charge on any atom is 0.167 e. The molecule has 0 spiro atoms. The van der Waals surface area contributed by atoms with E-state index in [2.05, 4.69) is 6.92 Å². The Morgan fingerprint density at radius 1 is 1.50 bits per heavy atom. The molecule has 76 valence electrons. The number of rotatable bonds is 2. The number of hydrogen-bond acceptors (Lipinski definition) is 2. The van der Waals surface area contributed by atoms with Crippen molar-refractivity contribution in [3.63, 3.8) is 0 Å². The minimum absolute atomic E-state index is 0.304. The molecule has 1 nitrogen and oxygen atoms in total. The van der Waals surface area contributed by atoms with Gasteiger partial charge in [0.05, 0.1) is 0 Å². The molecular formula is C12H16OS. The van der Waals surface area contributed by atoms with Gasteiger partial charge in [0.25, 0.3) is 0 Å². The first-order chi connectivity index (χ1) is 6.68. The summed E-state index contributed by atoms with van der Waals surface area (Å²) in [6.07, 6.45) is 3.41. The first-order valence-corrected chi connectivity index (χ1v) is 6.14. The fourth-order valence-corrected chi connectivity index (χ4v) is 3.01. The van der Waals surface area contributed by atoms with E-state index in [9.17, 15) is 4.79 Å². The van der Waals surface area contributed by atoms with Gasteiger partial charge in [-0.2, -0.15) is 0 Å². The quantitative estimate of drug-likeness (QED) is 0.678. The molecule has 14 heavy (non-hydrogen) atoms. The molecule has 1 fully saturated rings. The third-order valence-corrected chi connectivity index (χ3v) is 4.04. The summed E-state index contributed by atoms with van der Waals surface area (Å²) in [5.41, 5.74) is 0.967. The summed E-state index contributed by atoms with van der Waals surface area (Å²) in [6.45, 7) is 4.28. The summed E-state index contributed by atoms with van der Waals surface area (Å²) in [4.78, 5) is 13.3. The van der Waals surface area contributed by atoms with Gasteiger partial charge in [-0.25, -0.2) is 0 Å². The summed E-state index contributed by atoms with van der Waals surface area (Å²) in [5, 5.41) is 2.01. The topological polar surface area (TPSA) is 17.1 Å². The second kappa shape index (κ2) is 3.85. The SMILES string of the molecule is Cc1sccc1C(=O)C1CCC(C)C1. The molecule has 1 heterocycles. The Morgan fingerprint density at radius 3 is 2.79 bits per heavy atom. The van der Waals surface area contributed by atoms with Crippen LogP contribution in [-0.2, 0) is 0 Å². The van der Waals surface area contributed by atoms with Crippen molar-refractivity contribution in [1.29, 1.82) is 0 Å². The number of ketones is 1. The van der Waals surface area contributed by atoms with Gasteiger partial charge < -0.3 is 0 Å². The van der Waals surface area contributed by atoms with E-state index in [1.54, 1.807) is 11.3 Å². The summed E-state index contributed by atoms with van der Waals surface area (Å²) in [5.74, 6) is 1.43. The lowest BCUT2D eigenvalue weighted by Gasteiger charge is -2.07. The molecule has 2 rings (SSSR count). The zero-order valence-electron chi connectivity index (χ0n) is 8.75. The molecule has 1 aliphatic rings. The molecule has 0 saturated heterocycles. The van der Waals surface area contributed by atoms with Gasteiger partial charge in [0, 0.05) is 16.4 Å². The normalized spacial score (nSPS) is 26.7. The van der Waals surface area contributed by atoms with Crippen LogP contribution in [0, 0.1) is 18.8 Å². The van der Waals surface area contributed by atoms with E-state index in [1.165, 1.54) is 11.3 Å². The van der Waals surface area contributed by atoms with Crippen LogP contribution in [0.1, 0.15) is 41.4 Å². The van der Waals surface area contributed by atoms with Gasteiger partial charge >= 0.3 is 0 Å². The summed E-state index contributed by atoms with van der Waals surface area (Å²) < 4.78 is 0. The number of thiophene rings is 1. The lowest BCUT2D eigenvalue weighted by molar-refractivity contribution is 0.0920. The van der Waals surface area contributed by atoms with Crippen molar-refractivity contribution in [2.75, 3.05) is 0 Å². The first-order valence-electron chi connectivity index (χ1n) is 5.26. The van der Waals surface area contributed by atoms with Crippen LogP contribution < -0.4 is 0 Å². The molecule has 0 radical (unpaired) electrons. The molecule has 0 aliphatic heterocycles. The van der Waals surface area contributed by atoms with Gasteiger partial charge in [-0.3, -0.25) is 4.79 Å². The van der Waals surface area contributed by atoms with Crippen molar-refractivity contribution in [2.45, 2.75) is 33.1 Å². The largest absolute Gasteiger partial charge is 0.294 e. The fourth-order valence-electron chi connectivity index (χ4n) is 2.31. The van der Waals surface area contributed by atoms with Crippen LogP contribution in [0.4, 0.5) is 0 Å². The number of hydrogen-bond donors (Lipinski definition) is 0. The molecule has 2 heteroatoms. The molecule has 0 bridgehead atoms. The molecule has 0 aromatic carbocycles. The highest BCUT2D eigenvalue weighted by Gasteiger charge is 2.28. The monoisotopic (exact) mass is 208 g/mol. The summed E-state index contributed by atoms with van der Waals surface area (Å²) in [6, 6.07) is 1.98. The van der Waals surface area contributed by atoms with Gasteiger partial charge in [0.15, 0.2) is 5.78 Å².